The molecule has 0 unspecified atom stereocenters. The van der Waals surface area contributed by atoms with Crippen molar-refractivity contribution in [3.8, 4) is 0 Å². The number of hydrogen-bond donors (Lipinski definition) is 0. The summed E-state index contributed by atoms with van der Waals surface area (Å²) >= 11 is 0. The van der Waals surface area contributed by atoms with Crippen molar-refractivity contribution in [2.45, 2.75) is 25.7 Å². The number of Topliss-reactive ketones (excluding diaryl/α,β-unsaturated/α-hetero) is 2. The first-order chi connectivity index (χ1) is 7.79. The predicted molar refractivity (Wildman–Crippen MR) is 61.7 cm³/mol. The van der Waals surface area contributed by atoms with Gasteiger partial charge in [0.05, 0.1) is 0 Å². The number of rotatable bonds is 0. The number of ketones is 2. The fourth-order valence-electron chi connectivity index (χ4n) is 2.61. The first-order valence-corrected chi connectivity index (χ1v) is 5.69. The summed E-state index contributed by atoms with van der Waals surface area (Å²) in [5.74, 6) is 0.148. The van der Waals surface area contributed by atoms with Crippen LogP contribution in [0, 0.1) is 0 Å². The molecular weight excluding hydrogens is 223 g/mol. The minimum atomic E-state index is 0. The van der Waals surface area contributed by atoms with Crippen LogP contribution >= 0.6 is 0 Å². The molecule has 0 aromatic heterocycles. The maximum Gasteiger partial charge on any atom is 1.00 e. The maximum absolute atomic E-state index is 12.2. The van der Waals surface area contributed by atoms with Crippen molar-refractivity contribution in [1.82, 2.24) is 0 Å². The van der Waals surface area contributed by atoms with Crippen molar-refractivity contribution in [1.29, 1.82) is 0 Å². The Balaban J connectivity index is 0.000000810. The predicted octanol–water partition coefficient (Wildman–Crippen LogP) is 0.0527. The van der Waals surface area contributed by atoms with Gasteiger partial charge in [-0.15, -0.1) is 0 Å². The summed E-state index contributed by atoms with van der Waals surface area (Å²) in [7, 11) is 0. The molecule has 0 fully saturated rings. The molecule has 1 aromatic rings. The second-order valence-corrected chi connectivity index (χ2v) is 4.37. The van der Waals surface area contributed by atoms with Crippen LogP contribution in [-0.2, 0) is 0 Å². The Labute approximate surface area is 124 Å². The molecule has 0 aliphatic heterocycles. The van der Waals surface area contributed by atoms with Crippen molar-refractivity contribution < 1.29 is 40.6 Å². The average molecular weight is 236 g/mol. The smallest absolute Gasteiger partial charge is 1.00 e. The van der Waals surface area contributed by atoms with Crippen LogP contribution in [0.1, 0.15) is 47.8 Å². The number of carbonyl (C=O) groups is 2. The zero-order chi connectivity index (χ0) is 11.1. The van der Waals surface area contributed by atoms with Gasteiger partial charge in [-0.3, -0.25) is 9.59 Å². The molecule has 0 N–H and O–H groups in total. The molecule has 0 radical (unpaired) electrons. The van der Waals surface area contributed by atoms with E-state index in [0.29, 0.717) is 11.1 Å². The molecule has 0 saturated heterocycles. The van der Waals surface area contributed by atoms with E-state index >= 15 is 0 Å². The zero-order valence-corrected chi connectivity index (χ0v) is 12.0. The van der Waals surface area contributed by atoms with Crippen molar-refractivity contribution in [2.75, 3.05) is 0 Å². The number of carbonyl (C=O) groups excluding carboxylic acids is 2. The van der Waals surface area contributed by atoms with Crippen LogP contribution < -0.4 is 29.6 Å². The van der Waals surface area contributed by atoms with Gasteiger partial charge in [-0.1, -0.05) is 24.3 Å². The van der Waals surface area contributed by atoms with Crippen molar-refractivity contribution in [3.63, 3.8) is 0 Å². The number of benzene rings is 1. The van der Waals surface area contributed by atoms with E-state index in [9.17, 15) is 9.59 Å². The Morgan fingerprint density at radius 2 is 1.24 bits per heavy atom. The fraction of sp³-hybridized carbons (Fsp3) is 0.286. The van der Waals surface area contributed by atoms with Gasteiger partial charge >= 0.3 is 29.6 Å². The fourth-order valence-corrected chi connectivity index (χ4v) is 2.61. The summed E-state index contributed by atoms with van der Waals surface area (Å²) in [6.07, 6.45) is 3.60. The van der Waals surface area contributed by atoms with Crippen LogP contribution in [0.15, 0.2) is 35.4 Å². The van der Waals surface area contributed by atoms with Crippen LogP contribution in [0.4, 0.5) is 0 Å². The van der Waals surface area contributed by atoms with Gasteiger partial charge in [0.15, 0.2) is 11.6 Å². The first-order valence-electron chi connectivity index (χ1n) is 5.69. The summed E-state index contributed by atoms with van der Waals surface area (Å²) in [6, 6.07) is 7.15. The topological polar surface area (TPSA) is 34.1 Å². The third-order valence-corrected chi connectivity index (χ3v) is 3.43. The van der Waals surface area contributed by atoms with Gasteiger partial charge in [-0.05, 0) is 25.7 Å². The minimum absolute atomic E-state index is 0. The normalized spacial score (nSPS) is 18.4. The Kier molecular flexibility index (Phi) is 3.67. The van der Waals surface area contributed by atoms with Crippen molar-refractivity contribution in [2.24, 2.45) is 0 Å². The van der Waals surface area contributed by atoms with Gasteiger partial charge in [-0.2, -0.15) is 0 Å². The molecule has 0 saturated carbocycles. The molecule has 1 aromatic carbocycles. The maximum atomic E-state index is 12.2. The van der Waals surface area contributed by atoms with E-state index in [1.807, 2.05) is 12.1 Å². The average Bonchev–Trinajstić information content (AvgIpc) is 2.36. The van der Waals surface area contributed by atoms with Crippen molar-refractivity contribution in [3.05, 3.63) is 46.5 Å². The molecular formula is C14H13NaO2. The van der Waals surface area contributed by atoms with E-state index in [0.717, 1.165) is 36.8 Å². The van der Waals surface area contributed by atoms with Gasteiger partial charge in [0, 0.05) is 22.3 Å². The molecule has 0 spiro atoms. The van der Waals surface area contributed by atoms with E-state index in [1.165, 1.54) is 0 Å². The standard InChI is InChI=1S/C14H12O2.Na.H/c15-13-9-5-1-2-6-10(9)14(16)12-8-4-3-7-11(12)13;;/h1-2,5-6H,3-4,7-8H2;;/q;+1;-1. The molecule has 3 heteroatoms. The van der Waals surface area contributed by atoms with Crippen molar-refractivity contribution >= 4 is 11.6 Å². The van der Waals surface area contributed by atoms with Crippen LogP contribution in [0.5, 0.6) is 0 Å². The van der Waals surface area contributed by atoms with Gasteiger partial charge in [-0.25, -0.2) is 0 Å². The van der Waals surface area contributed by atoms with Gasteiger partial charge in [0.2, 0.25) is 0 Å². The van der Waals surface area contributed by atoms with Crippen LogP contribution in [-0.4, -0.2) is 11.6 Å². The number of allylic oxidation sites excluding steroid dienone is 2. The molecule has 0 atom stereocenters. The van der Waals surface area contributed by atoms with Gasteiger partial charge < -0.3 is 1.43 Å². The molecule has 17 heavy (non-hydrogen) atoms. The molecule has 0 bridgehead atoms. The summed E-state index contributed by atoms with van der Waals surface area (Å²) in [5.41, 5.74) is 2.73. The van der Waals surface area contributed by atoms with Crippen LogP contribution in [0.2, 0.25) is 0 Å². The van der Waals surface area contributed by atoms with Gasteiger partial charge in [0.25, 0.3) is 0 Å². The molecule has 0 amide bonds. The Hall–Kier alpha value is -0.700. The number of fused-ring (bicyclic) bond motifs is 1. The third kappa shape index (κ3) is 1.95. The van der Waals surface area contributed by atoms with E-state index in [2.05, 4.69) is 0 Å². The largest absolute Gasteiger partial charge is 1.00 e. The second kappa shape index (κ2) is 4.89. The zero-order valence-electron chi connectivity index (χ0n) is 11.0. The summed E-state index contributed by atoms with van der Waals surface area (Å²) in [4.78, 5) is 24.4. The van der Waals surface area contributed by atoms with E-state index in [-0.39, 0.29) is 42.6 Å². The Morgan fingerprint density at radius 3 is 1.65 bits per heavy atom. The molecule has 0 heterocycles. The monoisotopic (exact) mass is 236 g/mol. The van der Waals surface area contributed by atoms with Crippen LogP contribution in [0.25, 0.3) is 0 Å². The molecule has 2 aliphatic carbocycles. The third-order valence-electron chi connectivity index (χ3n) is 3.43. The summed E-state index contributed by atoms with van der Waals surface area (Å²) < 4.78 is 0. The summed E-state index contributed by atoms with van der Waals surface area (Å²) in [6.45, 7) is 0. The summed E-state index contributed by atoms with van der Waals surface area (Å²) in [5, 5.41) is 0. The van der Waals surface area contributed by atoms with E-state index in [1.54, 1.807) is 12.1 Å². The molecule has 2 nitrogen and oxygen atoms in total. The second-order valence-electron chi connectivity index (χ2n) is 4.37. The molecule has 82 valence electrons. The van der Waals surface area contributed by atoms with Crippen LogP contribution in [0.3, 0.4) is 0 Å². The Morgan fingerprint density at radius 1 is 0.824 bits per heavy atom. The quantitative estimate of drug-likeness (QED) is 0.597. The number of hydrogen-bond acceptors (Lipinski definition) is 2. The molecule has 3 rings (SSSR count). The SMILES string of the molecule is O=C1C2=C(CCCC2)C(=O)c2ccccc21.[H-].[Na+]. The van der Waals surface area contributed by atoms with E-state index in [4.69, 9.17) is 0 Å². The Bertz CT molecular complexity index is 487. The minimum Gasteiger partial charge on any atom is -1.00 e. The van der Waals surface area contributed by atoms with Gasteiger partial charge in [0.1, 0.15) is 0 Å². The molecule has 2 aliphatic rings. The van der Waals surface area contributed by atoms with E-state index < -0.39 is 0 Å². The first kappa shape index (κ1) is 12.7.